The highest BCUT2D eigenvalue weighted by Crippen LogP contribution is 2.35. The zero-order valence-electron chi connectivity index (χ0n) is 20.0. The zero-order valence-corrected chi connectivity index (χ0v) is 20.8. The molecule has 3 aromatic rings. The van der Waals surface area contributed by atoms with E-state index in [0.717, 1.165) is 50.2 Å². The maximum atomic E-state index is 14.7. The molecule has 3 aromatic carbocycles. The van der Waals surface area contributed by atoms with Gasteiger partial charge in [0.15, 0.2) is 0 Å². The predicted octanol–water partition coefficient (Wildman–Crippen LogP) is 9.50. The van der Waals surface area contributed by atoms with Crippen LogP contribution in [0.3, 0.4) is 0 Å². The molecule has 0 unspecified atom stereocenters. The van der Waals surface area contributed by atoms with Gasteiger partial charge in [0.2, 0.25) is 0 Å². The first-order valence-corrected chi connectivity index (χ1v) is 12.9. The molecule has 5 heteroatoms. The first-order chi connectivity index (χ1) is 16.8. The Bertz CT molecular complexity index is 1100. The Morgan fingerprint density at radius 3 is 1.60 bits per heavy atom. The number of hydrogen-bond acceptors (Lipinski definition) is 0. The van der Waals surface area contributed by atoms with Crippen LogP contribution in [0.5, 0.6) is 0 Å². The van der Waals surface area contributed by atoms with Crippen molar-refractivity contribution in [2.24, 2.45) is 11.8 Å². The monoisotopic (exact) mass is 502 g/mol. The Morgan fingerprint density at radius 1 is 0.657 bits per heavy atom. The van der Waals surface area contributed by atoms with Gasteiger partial charge in [0.1, 0.15) is 28.3 Å². The third-order valence-corrected chi connectivity index (χ3v) is 7.82. The Labute approximate surface area is 210 Å². The first kappa shape index (κ1) is 25.8. The van der Waals surface area contributed by atoms with E-state index in [1.807, 2.05) is 0 Å². The SMILES string of the molecule is CCc1ccc(CC[C@H]2CC[C@H](CCc3cc(F)c(-c4cc(F)c(Cl)c(F)c4)c(F)c3)CC2)cc1. The van der Waals surface area contributed by atoms with Crippen molar-refractivity contribution in [2.45, 2.75) is 64.7 Å². The van der Waals surface area contributed by atoms with Crippen LogP contribution < -0.4 is 0 Å². The van der Waals surface area contributed by atoms with E-state index in [9.17, 15) is 17.6 Å². The molecule has 1 saturated carbocycles. The summed E-state index contributed by atoms with van der Waals surface area (Å²) in [4.78, 5) is 0. The Morgan fingerprint density at radius 2 is 1.11 bits per heavy atom. The summed E-state index contributed by atoms with van der Waals surface area (Å²) in [6, 6.07) is 13.2. The molecule has 0 radical (unpaired) electrons. The molecule has 0 saturated heterocycles. The maximum Gasteiger partial charge on any atom is 0.145 e. The molecular weight excluding hydrogens is 472 g/mol. The summed E-state index contributed by atoms with van der Waals surface area (Å²) in [5.41, 5.74) is 2.70. The summed E-state index contributed by atoms with van der Waals surface area (Å²) in [5, 5.41) is -0.688. The van der Waals surface area contributed by atoms with Crippen LogP contribution in [-0.2, 0) is 19.3 Å². The molecule has 1 aliphatic rings. The summed E-state index contributed by atoms with van der Waals surface area (Å²) in [6.45, 7) is 2.17. The summed E-state index contributed by atoms with van der Waals surface area (Å²) >= 11 is 5.48. The van der Waals surface area contributed by atoms with E-state index in [2.05, 4.69) is 31.2 Å². The van der Waals surface area contributed by atoms with Crippen molar-refractivity contribution in [3.05, 3.63) is 93.5 Å². The van der Waals surface area contributed by atoms with Gasteiger partial charge in [-0.05, 0) is 90.5 Å². The molecule has 0 N–H and O–H groups in total. The molecule has 186 valence electrons. The molecule has 0 amide bonds. The molecule has 0 nitrogen and oxygen atoms in total. The second-order valence-electron chi connectivity index (χ2n) is 9.82. The number of aryl methyl sites for hydroxylation is 3. The summed E-state index contributed by atoms with van der Waals surface area (Å²) < 4.78 is 57.0. The molecular formula is C30H31ClF4. The average Bonchev–Trinajstić information content (AvgIpc) is 2.85. The fourth-order valence-electron chi connectivity index (χ4n) is 5.24. The van der Waals surface area contributed by atoms with Gasteiger partial charge >= 0.3 is 0 Å². The van der Waals surface area contributed by atoms with E-state index in [1.54, 1.807) is 0 Å². The Kier molecular flexibility index (Phi) is 8.54. The van der Waals surface area contributed by atoms with E-state index >= 15 is 0 Å². The second kappa shape index (κ2) is 11.6. The molecule has 0 aromatic heterocycles. The fourth-order valence-corrected chi connectivity index (χ4v) is 5.35. The average molecular weight is 503 g/mol. The molecule has 35 heavy (non-hydrogen) atoms. The summed E-state index contributed by atoms with van der Waals surface area (Å²) in [6.07, 6.45) is 9.55. The minimum absolute atomic E-state index is 0.203. The van der Waals surface area contributed by atoms with Gasteiger partial charge in [0, 0.05) is 0 Å². The van der Waals surface area contributed by atoms with E-state index in [4.69, 9.17) is 11.6 Å². The molecule has 0 atom stereocenters. The van der Waals surface area contributed by atoms with Crippen LogP contribution in [0.25, 0.3) is 11.1 Å². The normalized spacial score (nSPS) is 18.1. The third-order valence-electron chi connectivity index (χ3n) is 7.45. The van der Waals surface area contributed by atoms with Gasteiger partial charge in [0.25, 0.3) is 0 Å². The standard InChI is InChI=1S/C30H31ClF4/c1-2-19-3-5-20(6-4-19)7-8-21-9-11-22(12-10-21)13-14-23-15-25(32)29(26(33)16-23)24-17-27(34)30(31)28(35)18-24/h3-6,15-18,21-22H,2,7-14H2,1H3/t21-,22-. The van der Waals surface area contributed by atoms with Gasteiger partial charge in [-0.15, -0.1) is 0 Å². The van der Waals surface area contributed by atoms with Crippen molar-refractivity contribution >= 4 is 11.6 Å². The number of hydrogen-bond donors (Lipinski definition) is 0. The number of halogens is 5. The molecule has 0 heterocycles. The summed E-state index contributed by atoms with van der Waals surface area (Å²) in [7, 11) is 0. The van der Waals surface area contributed by atoms with E-state index in [-0.39, 0.29) is 5.56 Å². The van der Waals surface area contributed by atoms with Crippen LogP contribution >= 0.6 is 11.6 Å². The predicted molar refractivity (Wildman–Crippen MR) is 135 cm³/mol. The van der Waals surface area contributed by atoms with Gasteiger partial charge in [-0.1, -0.05) is 68.5 Å². The highest BCUT2D eigenvalue weighted by molar-refractivity contribution is 6.31. The lowest BCUT2D eigenvalue weighted by Crippen LogP contribution is -2.16. The Balaban J connectivity index is 1.28. The lowest BCUT2D eigenvalue weighted by atomic mass is 9.77. The third kappa shape index (κ3) is 6.46. The lowest BCUT2D eigenvalue weighted by Gasteiger charge is -2.28. The lowest BCUT2D eigenvalue weighted by molar-refractivity contribution is 0.253. The van der Waals surface area contributed by atoms with Crippen molar-refractivity contribution in [3.8, 4) is 11.1 Å². The number of rotatable bonds is 8. The number of benzene rings is 3. The molecule has 0 bridgehead atoms. The van der Waals surface area contributed by atoms with E-state index < -0.39 is 33.9 Å². The fraction of sp³-hybridized carbons (Fsp3) is 0.400. The van der Waals surface area contributed by atoms with Crippen LogP contribution in [0.1, 0.15) is 62.1 Å². The molecule has 0 spiro atoms. The van der Waals surface area contributed by atoms with Crippen LogP contribution in [0, 0.1) is 35.1 Å². The van der Waals surface area contributed by atoms with Crippen molar-refractivity contribution in [3.63, 3.8) is 0 Å². The van der Waals surface area contributed by atoms with Gasteiger partial charge < -0.3 is 0 Å². The van der Waals surface area contributed by atoms with Gasteiger partial charge in [-0.2, -0.15) is 0 Å². The topological polar surface area (TPSA) is 0 Å². The molecule has 1 aliphatic carbocycles. The Hall–Kier alpha value is -2.33. The van der Waals surface area contributed by atoms with Crippen LogP contribution in [-0.4, -0.2) is 0 Å². The quantitative estimate of drug-likeness (QED) is 0.212. The van der Waals surface area contributed by atoms with Crippen molar-refractivity contribution in [1.29, 1.82) is 0 Å². The largest absolute Gasteiger partial charge is 0.206 e. The van der Waals surface area contributed by atoms with Crippen LogP contribution in [0.15, 0.2) is 48.5 Å². The van der Waals surface area contributed by atoms with Gasteiger partial charge in [0.05, 0.1) is 5.56 Å². The van der Waals surface area contributed by atoms with Crippen LogP contribution in [0.2, 0.25) is 5.02 Å². The molecule has 4 rings (SSSR count). The highest BCUT2D eigenvalue weighted by Gasteiger charge is 2.22. The van der Waals surface area contributed by atoms with Gasteiger partial charge in [-0.25, -0.2) is 17.6 Å². The minimum atomic E-state index is -1.05. The van der Waals surface area contributed by atoms with Crippen molar-refractivity contribution in [2.75, 3.05) is 0 Å². The van der Waals surface area contributed by atoms with Crippen molar-refractivity contribution in [1.82, 2.24) is 0 Å². The zero-order chi connectivity index (χ0) is 24.9. The second-order valence-corrected chi connectivity index (χ2v) is 10.2. The highest BCUT2D eigenvalue weighted by atomic mass is 35.5. The smallest absolute Gasteiger partial charge is 0.145 e. The molecule has 1 fully saturated rings. The minimum Gasteiger partial charge on any atom is -0.206 e. The summed E-state index contributed by atoms with van der Waals surface area (Å²) in [5.74, 6) is -2.44. The first-order valence-electron chi connectivity index (χ1n) is 12.5. The van der Waals surface area contributed by atoms with Crippen molar-refractivity contribution < 1.29 is 17.6 Å². The maximum absolute atomic E-state index is 14.7. The van der Waals surface area contributed by atoms with E-state index in [0.29, 0.717) is 17.9 Å². The van der Waals surface area contributed by atoms with Gasteiger partial charge in [-0.3, -0.25) is 0 Å². The van der Waals surface area contributed by atoms with Crippen LogP contribution in [0.4, 0.5) is 17.6 Å². The van der Waals surface area contributed by atoms with E-state index in [1.165, 1.54) is 42.5 Å². The molecule has 0 aliphatic heterocycles.